The molecule has 0 aliphatic rings. The lowest BCUT2D eigenvalue weighted by molar-refractivity contribution is 0.458. The van der Waals surface area contributed by atoms with Gasteiger partial charge in [0.2, 0.25) is 5.88 Å². The molecule has 0 aliphatic heterocycles. The molecule has 0 aliphatic carbocycles. The number of pyridine rings is 1. The lowest BCUT2D eigenvalue weighted by atomic mass is 10.2. The van der Waals surface area contributed by atoms with Crippen molar-refractivity contribution < 1.29 is 9.13 Å². The molecule has 4 nitrogen and oxygen atoms in total. The Morgan fingerprint density at radius 2 is 2.17 bits per heavy atom. The van der Waals surface area contributed by atoms with Crippen LogP contribution in [0.5, 0.6) is 11.6 Å². The van der Waals surface area contributed by atoms with Gasteiger partial charge in [-0.15, -0.1) is 0 Å². The van der Waals surface area contributed by atoms with Crippen molar-refractivity contribution in [3.63, 3.8) is 0 Å². The first-order valence-electron chi connectivity index (χ1n) is 4.88. The summed E-state index contributed by atoms with van der Waals surface area (Å²) in [6.45, 7) is 0. The zero-order chi connectivity index (χ0) is 13.1. The number of benzene rings is 1. The Bertz CT molecular complexity index is 640. The fraction of sp³-hybridized carbons (Fsp3) is 0. The summed E-state index contributed by atoms with van der Waals surface area (Å²) < 4.78 is 18.6. The maximum absolute atomic E-state index is 13.3. The third-order valence-corrected chi connectivity index (χ3v) is 2.37. The molecule has 6 heteroatoms. The normalized spacial score (nSPS) is 9.83. The number of hydrogen-bond donors (Lipinski definition) is 1. The molecule has 0 spiro atoms. The fourth-order valence-electron chi connectivity index (χ4n) is 1.28. The van der Waals surface area contributed by atoms with E-state index in [9.17, 15) is 4.39 Å². The van der Waals surface area contributed by atoms with Crippen molar-refractivity contribution in [1.82, 2.24) is 4.98 Å². The monoisotopic (exact) mass is 263 g/mol. The summed E-state index contributed by atoms with van der Waals surface area (Å²) in [5.74, 6) is -0.345. The van der Waals surface area contributed by atoms with Crippen LogP contribution < -0.4 is 10.5 Å². The van der Waals surface area contributed by atoms with E-state index in [1.165, 1.54) is 24.4 Å². The van der Waals surface area contributed by atoms with Gasteiger partial charge in [-0.2, -0.15) is 5.26 Å². The zero-order valence-electron chi connectivity index (χ0n) is 9.02. The molecule has 2 rings (SSSR count). The van der Waals surface area contributed by atoms with Gasteiger partial charge in [0.05, 0.1) is 17.4 Å². The standard InChI is InChI=1S/C12H7ClFN3O/c13-10-3-8(16)6-17-12(10)18-9-2-1-7(5-15)11(14)4-9/h1-4,6H,16H2. The Morgan fingerprint density at radius 1 is 1.39 bits per heavy atom. The molecule has 18 heavy (non-hydrogen) atoms. The molecule has 2 N–H and O–H groups in total. The van der Waals surface area contributed by atoms with Gasteiger partial charge in [0, 0.05) is 6.07 Å². The second-order valence-corrected chi connectivity index (χ2v) is 3.82. The number of aromatic nitrogens is 1. The van der Waals surface area contributed by atoms with E-state index in [4.69, 9.17) is 27.3 Å². The van der Waals surface area contributed by atoms with E-state index in [-0.39, 0.29) is 22.2 Å². The molecule has 1 heterocycles. The predicted molar refractivity (Wildman–Crippen MR) is 64.8 cm³/mol. The van der Waals surface area contributed by atoms with E-state index < -0.39 is 5.82 Å². The topological polar surface area (TPSA) is 71.9 Å². The molecule has 0 saturated carbocycles. The molecule has 0 saturated heterocycles. The maximum Gasteiger partial charge on any atom is 0.238 e. The van der Waals surface area contributed by atoms with Crippen LogP contribution in [-0.4, -0.2) is 4.98 Å². The van der Waals surface area contributed by atoms with E-state index >= 15 is 0 Å². The van der Waals surface area contributed by atoms with Crippen LogP contribution in [0, 0.1) is 17.1 Å². The number of nitrogen functional groups attached to an aromatic ring is 1. The molecule has 0 radical (unpaired) electrons. The van der Waals surface area contributed by atoms with Crippen molar-refractivity contribution in [2.45, 2.75) is 0 Å². The SMILES string of the molecule is N#Cc1ccc(Oc2ncc(N)cc2Cl)cc1F. The molecule has 0 fully saturated rings. The average Bonchev–Trinajstić information content (AvgIpc) is 2.33. The highest BCUT2D eigenvalue weighted by molar-refractivity contribution is 6.32. The Morgan fingerprint density at radius 3 is 2.78 bits per heavy atom. The van der Waals surface area contributed by atoms with Crippen molar-refractivity contribution in [3.05, 3.63) is 46.9 Å². The van der Waals surface area contributed by atoms with Crippen LogP contribution in [-0.2, 0) is 0 Å². The second-order valence-electron chi connectivity index (χ2n) is 3.41. The zero-order valence-corrected chi connectivity index (χ0v) is 9.78. The van der Waals surface area contributed by atoms with Crippen molar-refractivity contribution in [3.8, 4) is 17.7 Å². The van der Waals surface area contributed by atoms with Gasteiger partial charge < -0.3 is 10.5 Å². The Labute approximate surface area is 107 Å². The van der Waals surface area contributed by atoms with Gasteiger partial charge in [-0.25, -0.2) is 9.37 Å². The fourth-order valence-corrected chi connectivity index (χ4v) is 1.49. The first-order chi connectivity index (χ1) is 8.60. The summed E-state index contributed by atoms with van der Waals surface area (Å²) in [6.07, 6.45) is 1.38. The van der Waals surface area contributed by atoms with Crippen molar-refractivity contribution >= 4 is 17.3 Å². The van der Waals surface area contributed by atoms with Gasteiger partial charge in [0.25, 0.3) is 0 Å². The molecule has 0 bridgehead atoms. The Hall–Kier alpha value is -2.32. The minimum atomic E-state index is -0.665. The molecule has 1 aromatic carbocycles. The lowest BCUT2D eigenvalue weighted by Gasteiger charge is -2.07. The summed E-state index contributed by atoms with van der Waals surface area (Å²) in [6, 6.07) is 7.05. The molecule has 0 atom stereocenters. The van der Waals surface area contributed by atoms with Crippen LogP contribution >= 0.6 is 11.6 Å². The summed E-state index contributed by atoms with van der Waals surface area (Å²) in [5.41, 5.74) is 5.83. The number of anilines is 1. The maximum atomic E-state index is 13.3. The summed E-state index contributed by atoms with van der Waals surface area (Å²) >= 11 is 5.86. The Balaban J connectivity index is 2.29. The van der Waals surface area contributed by atoms with Crippen LogP contribution in [0.1, 0.15) is 5.56 Å². The predicted octanol–water partition coefficient (Wildman–Crippen LogP) is 3.12. The van der Waals surface area contributed by atoms with E-state index in [1.807, 2.05) is 0 Å². The van der Waals surface area contributed by atoms with Gasteiger partial charge in [0.15, 0.2) is 0 Å². The highest BCUT2D eigenvalue weighted by Gasteiger charge is 2.08. The quantitative estimate of drug-likeness (QED) is 0.903. The molecular formula is C12H7ClFN3O. The minimum absolute atomic E-state index is 0.0567. The number of ether oxygens (including phenoxy) is 1. The van der Waals surface area contributed by atoms with Crippen LogP contribution in [0.25, 0.3) is 0 Å². The highest BCUT2D eigenvalue weighted by atomic mass is 35.5. The van der Waals surface area contributed by atoms with Crippen molar-refractivity contribution in [2.75, 3.05) is 5.73 Å². The van der Waals surface area contributed by atoms with E-state index in [0.29, 0.717) is 5.69 Å². The third-order valence-electron chi connectivity index (χ3n) is 2.10. The van der Waals surface area contributed by atoms with Crippen LogP contribution in [0.2, 0.25) is 5.02 Å². The number of nitrogens with zero attached hydrogens (tertiary/aromatic N) is 2. The van der Waals surface area contributed by atoms with Gasteiger partial charge in [-0.3, -0.25) is 0 Å². The van der Waals surface area contributed by atoms with E-state index in [1.54, 1.807) is 6.07 Å². The number of nitrogens with two attached hydrogens (primary N) is 1. The lowest BCUT2D eigenvalue weighted by Crippen LogP contribution is -1.93. The first kappa shape index (κ1) is 12.1. The molecule has 0 amide bonds. The summed E-state index contributed by atoms with van der Waals surface area (Å²) in [7, 11) is 0. The average molecular weight is 264 g/mol. The number of rotatable bonds is 2. The van der Waals surface area contributed by atoms with Crippen molar-refractivity contribution in [1.29, 1.82) is 5.26 Å². The molecule has 1 aromatic heterocycles. The molecule has 2 aromatic rings. The number of nitriles is 1. The molecule has 90 valence electrons. The van der Waals surface area contributed by atoms with Gasteiger partial charge in [-0.1, -0.05) is 11.6 Å². The number of hydrogen-bond acceptors (Lipinski definition) is 4. The minimum Gasteiger partial charge on any atom is -0.437 e. The largest absolute Gasteiger partial charge is 0.437 e. The summed E-state index contributed by atoms with van der Waals surface area (Å²) in [4.78, 5) is 3.88. The molecule has 0 unspecified atom stereocenters. The van der Waals surface area contributed by atoms with Crippen LogP contribution in [0.3, 0.4) is 0 Å². The smallest absolute Gasteiger partial charge is 0.238 e. The van der Waals surface area contributed by atoms with Crippen molar-refractivity contribution in [2.24, 2.45) is 0 Å². The van der Waals surface area contributed by atoms with Gasteiger partial charge in [0.1, 0.15) is 22.7 Å². The highest BCUT2D eigenvalue weighted by Crippen LogP contribution is 2.28. The van der Waals surface area contributed by atoms with Gasteiger partial charge >= 0.3 is 0 Å². The van der Waals surface area contributed by atoms with Crippen LogP contribution in [0.15, 0.2) is 30.5 Å². The van der Waals surface area contributed by atoms with E-state index in [2.05, 4.69) is 4.98 Å². The Kier molecular flexibility index (Phi) is 3.31. The number of halogens is 2. The summed E-state index contributed by atoms with van der Waals surface area (Å²) in [5, 5.41) is 8.82. The molecular weight excluding hydrogens is 257 g/mol. The van der Waals surface area contributed by atoms with Gasteiger partial charge in [-0.05, 0) is 18.2 Å². The third kappa shape index (κ3) is 2.50. The second kappa shape index (κ2) is 4.90. The first-order valence-corrected chi connectivity index (χ1v) is 5.26. The van der Waals surface area contributed by atoms with E-state index in [0.717, 1.165) is 6.07 Å². The van der Waals surface area contributed by atoms with Crippen LogP contribution in [0.4, 0.5) is 10.1 Å².